The van der Waals surface area contributed by atoms with Crippen LogP contribution in [-0.4, -0.2) is 67.6 Å². The number of ether oxygens (including phenoxy) is 2. The van der Waals surface area contributed by atoms with E-state index in [0.717, 1.165) is 12.3 Å². The molecule has 8 nitrogen and oxygen atoms in total. The van der Waals surface area contributed by atoms with Crippen molar-refractivity contribution in [3.63, 3.8) is 0 Å². The fourth-order valence-corrected chi connectivity index (χ4v) is 4.48. The molecule has 3 aliphatic heterocycles. The molecule has 0 unspecified atom stereocenters. The molecule has 2 fully saturated rings. The number of carbonyl (C=O) groups excluding carboxylic acids is 2. The third-order valence-corrected chi connectivity index (χ3v) is 6.30. The summed E-state index contributed by atoms with van der Waals surface area (Å²) >= 11 is 0. The van der Waals surface area contributed by atoms with Gasteiger partial charge in [-0.1, -0.05) is 0 Å². The first-order valence-corrected chi connectivity index (χ1v) is 11.1. The van der Waals surface area contributed by atoms with Crippen molar-refractivity contribution < 1.29 is 32.2 Å². The normalized spacial score (nSPS) is 20.6. The molecular weight excluding hydrogens is 453 g/mol. The van der Waals surface area contributed by atoms with Gasteiger partial charge in [-0.25, -0.2) is 4.98 Å². The van der Waals surface area contributed by atoms with E-state index in [0.29, 0.717) is 62.4 Å². The fraction of sp³-hybridized carbons (Fsp3) is 0.435. The Balaban J connectivity index is 1.19. The van der Waals surface area contributed by atoms with E-state index in [-0.39, 0.29) is 24.8 Å². The molecule has 1 aromatic heterocycles. The van der Waals surface area contributed by atoms with E-state index in [1.165, 1.54) is 6.07 Å². The van der Waals surface area contributed by atoms with Gasteiger partial charge in [0, 0.05) is 57.1 Å². The second-order valence-electron chi connectivity index (χ2n) is 8.45. The average Bonchev–Trinajstić information content (AvgIpc) is 3.24. The second-order valence-corrected chi connectivity index (χ2v) is 8.45. The molecule has 180 valence electrons. The molecule has 34 heavy (non-hydrogen) atoms. The number of nitrogens with zero attached hydrogens (tertiary/aromatic N) is 4. The zero-order chi connectivity index (χ0) is 23.9. The lowest BCUT2D eigenvalue weighted by molar-refractivity contribution is -0.138. The third-order valence-electron chi connectivity index (χ3n) is 6.30. The van der Waals surface area contributed by atoms with Crippen LogP contribution in [0.5, 0.6) is 11.5 Å². The maximum absolute atomic E-state index is 13.1. The minimum absolute atomic E-state index is 0.0894. The predicted octanol–water partition coefficient (Wildman–Crippen LogP) is 2.57. The molecule has 4 heterocycles. The van der Waals surface area contributed by atoms with Gasteiger partial charge in [0.05, 0.1) is 11.5 Å². The molecule has 0 aliphatic carbocycles. The lowest BCUT2D eigenvalue weighted by Gasteiger charge is -2.36. The van der Waals surface area contributed by atoms with E-state index in [2.05, 4.69) is 4.98 Å². The van der Waals surface area contributed by atoms with Crippen LogP contribution < -0.4 is 19.3 Å². The van der Waals surface area contributed by atoms with Crippen LogP contribution in [0.4, 0.5) is 24.7 Å². The van der Waals surface area contributed by atoms with Crippen LogP contribution in [0, 0.1) is 5.92 Å². The maximum Gasteiger partial charge on any atom is 0.417 e. The zero-order valence-corrected chi connectivity index (χ0v) is 18.3. The summed E-state index contributed by atoms with van der Waals surface area (Å²) in [6.07, 6.45) is -3.47. The molecular formula is C23H23F3N4O4. The van der Waals surface area contributed by atoms with Crippen molar-refractivity contribution in [1.29, 1.82) is 0 Å². The number of benzene rings is 1. The molecule has 2 aromatic rings. The summed E-state index contributed by atoms with van der Waals surface area (Å²) < 4.78 is 49.4. The van der Waals surface area contributed by atoms with E-state index >= 15 is 0 Å². The molecule has 2 saturated heterocycles. The summed E-state index contributed by atoms with van der Waals surface area (Å²) in [5.74, 6) is 1.00. The monoisotopic (exact) mass is 476 g/mol. The largest absolute Gasteiger partial charge is 0.486 e. The third kappa shape index (κ3) is 4.34. The van der Waals surface area contributed by atoms with Crippen LogP contribution >= 0.6 is 0 Å². The summed E-state index contributed by atoms with van der Waals surface area (Å²) in [4.78, 5) is 34.9. The number of fused-ring (bicyclic) bond motifs is 1. The van der Waals surface area contributed by atoms with Gasteiger partial charge in [0.15, 0.2) is 11.5 Å². The molecule has 2 amide bonds. The number of rotatable bonds is 3. The van der Waals surface area contributed by atoms with Gasteiger partial charge in [-0.3, -0.25) is 9.59 Å². The number of anilines is 2. The highest BCUT2D eigenvalue weighted by atomic mass is 19.4. The van der Waals surface area contributed by atoms with Crippen LogP contribution in [0.15, 0.2) is 36.5 Å². The Morgan fingerprint density at radius 1 is 1.00 bits per heavy atom. The van der Waals surface area contributed by atoms with Gasteiger partial charge in [-0.05, 0) is 24.3 Å². The number of carbonyl (C=O) groups is 2. The van der Waals surface area contributed by atoms with Gasteiger partial charge < -0.3 is 24.2 Å². The Bertz CT molecular complexity index is 1080. The number of pyridine rings is 1. The zero-order valence-electron chi connectivity index (χ0n) is 18.3. The molecule has 0 N–H and O–H groups in total. The summed E-state index contributed by atoms with van der Waals surface area (Å²) in [6.45, 7) is 2.95. The van der Waals surface area contributed by atoms with Gasteiger partial charge >= 0.3 is 6.18 Å². The molecule has 3 aliphatic rings. The van der Waals surface area contributed by atoms with Crippen LogP contribution in [0.1, 0.15) is 12.0 Å². The minimum atomic E-state index is -4.43. The minimum Gasteiger partial charge on any atom is -0.486 e. The van der Waals surface area contributed by atoms with Gasteiger partial charge in [0.1, 0.15) is 19.0 Å². The Morgan fingerprint density at radius 2 is 1.74 bits per heavy atom. The average molecular weight is 476 g/mol. The number of halogens is 3. The predicted molar refractivity (Wildman–Crippen MR) is 116 cm³/mol. The van der Waals surface area contributed by atoms with Gasteiger partial charge in [-0.2, -0.15) is 13.2 Å². The Morgan fingerprint density at radius 3 is 2.41 bits per heavy atom. The topological polar surface area (TPSA) is 75.2 Å². The first kappa shape index (κ1) is 22.3. The number of alkyl halides is 3. The van der Waals surface area contributed by atoms with E-state index in [1.54, 1.807) is 28.0 Å². The van der Waals surface area contributed by atoms with Crippen LogP contribution in [0.2, 0.25) is 0 Å². The lowest BCUT2D eigenvalue weighted by Crippen LogP contribution is -2.51. The standard InChI is InChI=1S/C23H23F3N4O4/c24-23(25,26)16-1-4-20(27-13-16)28-5-7-29(8-6-28)22(32)15-11-21(31)30(14-15)17-2-3-18-19(12-17)34-10-9-33-18/h1-4,12-13,15H,5-11,14H2/t15-/m0/s1. The molecule has 0 bridgehead atoms. The van der Waals surface area contributed by atoms with E-state index in [9.17, 15) is 22.8 Å². The number of hydrogen-bond acceptors (Lipinski definition) is 6. The van der Waals surface area contributed by atoms with Crippen molar-refractivity contribution in [2.45, 2.75) is 12.6 Å². The van der Waals surface area contributed by atoms with Crippen molar-refractivity contribution >= 4 is 23.3 Å². The van der Waals surface area contributed by atoms with E-state index in [1.807, 2.05) is 4.90 Å². The van der Waals surface area contributed by atoms with Crippen LogP contribution in [-0.2, 0) is 15.8 Å². The highest BCUT2D eigenvalue weighted by molar-refractivity contribution is 6.00. The molecule has 0 radical (unpaired) electrons. The second kappa shape index (κ2) is 8.69. The summed E-state index contributed by atoms with van der Waals surface area (Å²) in [6, 6.07) is 7.67. The molecule has 5 rings (SSSR count). The van der Waals surface area contributed by atoms with Crippen molar-refractivity contribution in [1.82, 2.24) is 9.88 Å². The first-order chi connectivity index (χ1) is 16.3. The van der Waals surface area contributed by atoms with Crippen molar-refractivity contribution in [3.8, 4) is 11.5 Å². The van der Waals surface area contributed by atoms with Gasteiger partial charge in [-0.15, -0.1) is 0 Å². The Kier molecular flexibility index (Phi) is 5.70. The first-order valence-electron chi connectivity index (χ1n) is 11.1. The van der Waals surface area contributed by atoms with Crippen LogP contribution in [0.25, 0.3) is 0 Å². The summed E-state index contributed by atoms with van der Waals surface area (Å²) in [5.41, 5.74) is -0.124. The van der Waals surface area contributed by atoms with Crippen molar-refractivity contribution in [3.05, 3.63) is 42.1 Å². The summed E-state index contributed by atoms with van der Waals surface area (Å²) in [5, 5.41) is 0. The number of hydrogen-bond donors (Lipinski definition) is 0. The smallest absolute Gasteiger partial charge is 0.417 e. The van der Waals surface area contributed by atoms with Crippen LogP contribution in [0.3, 0.4) is 0 Å². The highest BCUT2D eigenvalue weighted by Crippen LogP contribution is 2.36. The van der Waals surface area contributed by atoms with E-state index in [4.69, 9.17) is 9.47 Å². The molecule has 1 atom stereocenters. The van der Waals surface area contributed by atoms with Gasteiger partial charge in [0.25, 0.3) is 0 Å². The SMILES string of the molecule is O=C([C@H]1CC(=O)N(c2ccc3c(c2)OCCO3)C1)N1CCN(c2ccc(C(F)(F)F)cn2)CC1. The number of aromatic nitrogens is 1. The maximum atomic E-state index is 13.1. The number of amides is 2. The van der Waals surface area contributed by atoms with Crippen molar-refractivity contribution in [2.75, 3.05) is 55.7 Å². The highest BCUT2D eigenvalue weighted by Gasteiger charge is 2.38. The van der Waals surface area contributed by atoms with Crippen molar-refractivity contribution in [2.24, 2.45) is 5.92 Å². The molecule has 0 spiro atoms. The Hall–Kier alpha value is -3.50. The summed E-state index contributed by atoms with van der Waals surface area (Å²) in [7, 11) is 0. The Labute approximate surface area is 193 Å². The quantitative estimate of drug-likeness (QED) is 0.678. The molecule has 1 aromatic carbocycles. The molecule has 11 heteroatoms. The fourth-order valence-electron chi connectivity index (χ4n) is 4.48. The van der Waals surface area contributed by atoms with Gasteiger partial charge in [0.2, 0.25) is 11.8 Å². The number of piperazine rings is 1. The molecule has 0 saturated carbocycles. The van der Waals surface area contributed by atoms with E-state index < -0.39 is 17.7 Å². The lowest BCUT2D eigenvalue weighted by atomic mass is 10.1.